The number of nitrogens with zero attached hydrogens (tertiary/aromatic N) is 5. The number of aliphatic hydroxyl groups is 1. The number of anilines is 1. The molecular formula is C24H34N8O3. The van der Waals surface area contributed by atoms with E-state index in [0.29, 0.717) is 29.5 Å². The van der Waals surface area contributed by atoms with Crippen molar-refractivity contribution in [3.8, 4) is 11.3 Å². The summed E-state index contributed by atoms with van der Waals surface area (Å²) in [6.45, 7) is 4.58. The summed E-state index contributed by atoms with van der Waals surface area (Å²) in [5, 5.41) is 34.0. The molecule has 1 unspecified atom stereocenters. The molecule has 188 valence electrons. The molecule has 0 aliphatic heterocycles. The van der Waals surface area contributed by atoms with Gasteiger partial charge in [0, 0.05) is 43.0 Å². The Balaban J connectivity index is 1.51. The van der Waals surface area contributed by atoms with Crippen molar-refractivity contribution in [2.75, 3.05) is 5.43 Å². The average molecular weight is 483 g/mol. The summed E-state index contributed by atoms with van der Waals surface area (Å²) in [6.07, 6.45) is 7.99. The molecule has 1 amide bonds. The summed E-state index contributed by atoms with van der Waals surface area (Å²) in [5.41, 5.74) is 5.58. The lowest BCUT2D eigenvalue weighted by Crippen LogP contribution is -3.17. The molecule has 11 nitrogen and oxygen atoms in total. The van der Waals surface area contributed by atoms with Crippen LogP contribution in [0, 0.1) is 17.0 Å². The second kappa shape index (κ2) is 11.0. The van der Waals surface area contributed by atoms with Crippen LogP contribution in [0.1, 0.15) is 55.6 Å². The fourth-order valence-corrected chi connectivity index (χ4v) is 4.79. The largest absolute Gasteiger partial charge is 0.606 e. The molecule has 1 fully saturated rings. The molecule has 3 aromatic heterocycles. The van der Waals surface area contributed by atoms with Crippen LogP contribution in [0.4, 0.5) is 5.82 Å². The van der Waals surface area contributed by atoms with Gasteiger partial charge in [-0.2, -0.15) is 10.2 Å². The first kappa shape index (κ1) is 24.8. The topological polar surface area (TPSA) is 137 Å². The van der Waals surface area contributed by atoms with E-state index >= 15 is 0 Å². The Bertz CT molecular complexity index is 1120. The Morgan fingerprint density at radius 1 is 1.23 bits per heavy atom. The van der Waals surface area contributed by atoms with Gasteiger partial charge < -0.3 is 10.3 Å². The highest BCUT2D eigenvalue weighted by atomic mass is 16.5. The normalized spacial score (nSPS) is 19.8. The predicted molar refractivity (Wildman–Crippen MR) is 131 cm³/mol. The van der Waals surface area contributed by atoms with Gasteiger partial charge in [-0.1, -0.05) is 19.8 Å². The van der Waals surface area contributed by atoms with Crippen molar-refractivity contribution in [2.24, 2.45) is 18.9 Å². The third kappa shape index (κ3) is 5.53. The van der Waals surface area contributed by atoms with Gasteiger partial charge in [-0.15, -0.1) is 0 Å². The standard InChI is InChI=1S/C24H34N8O3/c1-4-31-20(11-12-26-31)24(34)28-23(17-7-5-16(2)6-8-17)32(35)29-21-10-9-18(13-25-21)22-19(15-33)14-27-30(22)3/h9-14,16-17,23,32-33H,4-8,15H2,1-3H3,(H,25,29)(H,28,34)/t16?,17?,23-/m1/s1. The zero-order chi connectivity index (χ0) is 24.9. The first-order valence-electron chi connectivity index (χ1n) is 12.1. The number of quaternary nitrogens is 1. The van der Waals surface area contributed by atoms with Crippen molar-refractivity contribution in [1.29, 1.82) is 0 Å². The van der Waals surface area contributed by atoms with Gasteiger partial charge in [-0.05, 0) is 43.9 Å². The Kier molecular flexibility index (Phi) is 7.79. The Labute approximate surface area is 204 Å². The second-order valence-corrected chi connectivity index (χ2v) is 9.22. The van der Waals surface area contributed by atoms with E-state index in [9.17, 15) is 15.1 Å². The van der Waals surface area contributed by atoms with Crippen LogP contribution in [0.25, 0.3) is 11.3 Å². The van der Waals surface area contributed by atoms with Crippen LogP contribution >= 0.6 is 0 Å². The molecule has 0 aromatic carbocycles. The molecule has 35 heavy (non-hydrogen) atoms. The van der Waals surface area contributed by atoms with Crippen LogP contribution in [0.2, 0.25) is 0 Å². The summed E-state index contributed by atoms with van der Waals surface area (Å²) < 4.78 is 3.30. The summed E-state index contributed by atoms with van der Waals surface area (Å²) >= 11 is 0. The Morgan fingerprint density at radius 3 is 2.66 bits per heavy atom. The summed E-state index contributed by atoms with van der Waals surface area (Å²) in [6, 6.07) is 5.21. The molecule has 0 bridgehead atoms. The fourth-order valence-electron chi connectivity index (χ4n) is 4.79. The number of pyridine rings is 1. The molecule has 1 saturated carbocycles. The minimum atomic E-state index is -0.672. The van der Waals surface area contributed by atoms with Crippen molar-refractivity contribution in [1.82, 2.24) is 29.9 Å². The van der Waals surface area contributed by atoms with Gasteiger partial charge in [0.2, 0.25) is 0 Å². The highest BCUT2D eigenvalue weighted by molar-refractivity contribution is 5.92. The van der Waals surface area contributed by atoms with E-state index in [2.05, 4.69) is 32.8 Å². The smallest absolute Gasteiger partial charge is 0.274 e. The van der Waals surface area contributed by atoms with Gasteiger partial charge >= 0.3 is 0 Å². The van der Waals surface area contributed by atoms with Crippen LogP contribution in [-0.4, -0.2) is 41.7 Å². The van der Waals surface area contributed by atoms with Crippen LogP contribution in [-0.2, 0) is 20.2 Å². The maximum absolute atomic E-state index is 13.4. The van der Waals surface area contributed by atoms with Crippen molar-refractivity contribution in [3.63, 3.8) is 0 Å². The number of rotatable bonds is 9. The highest BCUT2D eigenvalue weighted by Crippen LogP contribution is 2.29. The van der Waals surface area contributed by atoms with Crippen LogP contribution in [0.5, 0.6) is 0 Å². The number of aliphatic hydroxyl groups excluding tert-OH is 1. The molecule has 4 rings (SSSR count). The van der Waals surface area contributed by atoms with Crippen molar-refractivity contribution in [3.05, 3.63) is 53.3 Å². The second-order valence-electron chi connectivity index (χ2n) is 9.22. The number of aryl methyl sites for hydroxylation is 2. The van der Waals surface area contributed by atoms with Gasteiger partial charge in [0.05, 0.1) is 18.5 Å². The monoisotopic (exact) mass is 482 g/mol. The zero-order valence-corrected chi connectivity index (χ0v) is 20.4. The third-order valence-electron chi connectivity index (χ3n) is 6.82. The van der Waals surface area contributed by atoms with E-state index in [1.54, 1.807) is 47.1 Å². The van der Waals surface area contributed by atoms with Crippen molar-refractivity contribution in [2.45, 2.75) is 58.8 Å². The number of carbonyl (C=O) groups is 1. The van der Waals surface area contributed by atoms with E-state index in [1.165, 1.54) is 0 Å². The number of nitrogens with one attached hydrogen (secondary N) is 3. The van der Waals surface area contributed by atoms with Gasteiger partial charge in [0.15, 0.2) is 12.0 Å². The van der Waals surface area contributed by atoms with Crippen molar-refractivity contribution >= 4 is 11.7 Å². The quantitative estimate of drug-likeness (QED) is 0.268. The molecule has 0 saturated heterocycles. The summed E-state index contributed by atoms with van der Waals surface area (Å²) in [4.78, 5) is 17.4. The molecule has 1 aliphatic rings. The minimum absolute atomic E-state index is 0.0500. The van der Waals surface area contributed by atoms with Crippen LogP contribution in [0.15, 0.2) is 36.8 Å². The lowest BCUT2D eigenvalue weighted by atomic mass is 9.81. The number of hydrogen-bond acceptors (Lipinski definition) is 7. The first-order valence-corrected chi connectivity index (χ1v) is 12.1. The molecule has 11 heteroatoms. The molecule has 2 atom stereocenters. The highest BCUT2D eigenvalue weighted by Gasteiger charge is 2.33. The first-order chi connectivity index (χ1) is 16.9. The summed E-state index contributed by atoms with van der Waals surface area (Å²) in [5.74, 6) is 0.763. The lowest BCUT2D eigenvalue weighted by Gasteiger charge is -2.38. The summed E-state index contributed by atoms with van der Waals surface area (Å²) in [7, 11) is 1.80. The number of carbonyl (C=O) groups excluding carboxylic acids is 1. The van der Waals surface area contributed by atoms with Crippen LogP contribution in [0.3, 0.4) is 0 Å². The van der Waals surface area contributed by atoms with Gasteiger partial charge in [-0.25, -0.2) is 15.6 Å². The fraction of sp³-hybridized carbons (Fsp3) is 0.500. The third-order valence-corrected chi connectivity index (χ3v) is 6.82. The molecule has 1 aliphatic carbocycles. The molecule has 0 radical (unpaired) electrons. The van der Waals surface area contributed by atoms with Gasteiger partial charge in [0.1, 0.15) is 5.69 Å². The maximum Gasteiger partial charge on any atom is 0.274 e. The van der Waals surface area contributed by atoms with Crippen molar-refractivity contribution < 1.29 is 15.1 Å². The number of aromatic nitrogens is 5. The number of hydroxylamine groups is 1. The molecule has 3 aromatic rings. The maximum atomic E-state index is 13.4. The minimum Gasteiger partial charge on any atom is -0.606 e. The van der Waals surface area contributed by atoms with E-state index in [-0.39, 0.29) is 23.6 Å². The Hall–Kier alpha value is -3.28. The molecule has 3 heterocycles. The lowest BCUT2D eigenvalue weighted by molar-refractivity contribution is -0.860. The van der Waals surface area contributed by atoms with E-state index in [4.69, 9.17) is 0 Å². The molecule has 4 N–H and O–H groups in total. The number of hydrogen-bond donors (Lipinski definition) is 4. The van der Waals surface area contributed by atoms with E-state index in [0.717, 1.165) is 36.9 Å². The number of amides is 1. The molecule has 0 spiro atoms. The van der Waals surface area contributed by atoms with E-state index in [1.807, 2.05) is 13.0 Å². The average Bonchev–Trinajstić information content (AvgIpc) is 3.50. The zero-order valence-electron chi connectivity index (χ0n) is 20.4. The Morgan fingerprint density at radius 2 is 2.00 bits per heavy atom. The SMILES string of the molecule is CCn1nccc1C(=O)N[C@@H](C1CCC(C)CC1)[NH+]([O-])Nc1ccc(-c2c(CO)cnn2C)cn1. The van der Waals surface area contributed by atoms with Crippen LogP contribution < -0.4 is 15.9 Å². The molecular weight excluding hydrogens is 448 g/mol. The predicted octanol–water partition coefficient (Wildman–Crippen LogP) is 1.48. The van der Waals surface area contributed by atoms with E-state index < -0.39 is 6.17 Å². The van der Waals surface area contributed by atoms with Gasteiger partial charge in [0.25, 0.3) is 5.91 Å². The van der Waals surface area contributed by atoms with Gasteiger partial charge in [-0.3, -0.25) is 19.5 Å².